The second-order valence-electron chi connectivity index (χ2n) is 5.15. The molecule has 0 aromatic heterocycles. The van der Waals surface area contributed by atoms with Gasteiger partial charge in [0.1, 0.15) is 5.75 Å². The Morgan fingerprint density at radius 3 is 2.33 bits per heavy atom. The van der Waals surface area contributed by atoms with E-state index >= 15 is 0 Å². The average Bonchev–Trinajstić information content (AvgIpc) is 2.49. The van der Waals surface area contributed by atoms with Gasteiger partial charge >= 0.3 is 0 Å². The van der Waals surface area contributed by atoms with E-state index in [0.29, 0.717) is 5.75 Å². The molecular weight excluding hydrogens is 262 g/mol. The standard InChI is InChI=1S/C18H23NO2/c1-5-19(15-11-9-13(2)10-12-15)16-7-6-8-17(21-4)18(16)14(3)20/h6-12,14,20H,5H2,1-4H3. The summed E-state index contributed by atoms with van der Waals surface area (Å²) in [7, 11) is 1.63. The van der Waals surface area contributed by atoms with Gasteiger partial charge in [0.25, 0.3) is 0 Å². The van der Waals surface area contributed by atoms with E-state index in [1.54, 1.807) is 14.0 Å². The van der Waals surface area contributed by atoms with Gasteiger partial charge in [0.05, 0.1) is 18.9 Å². The summed E-state index contributed by atoms with van der Waals surface area (Å²) < 4.78 is 5.41. The number of ether oxygens (including phenoxy) is 1. The monoisotopic (exact) mass is 285 g/mol. The van der Waals surface area contributed by atoms with Crippen molar-refractivity contribution in [2.75, 3.05) is 18.6 Å². The van der Waals surface area contributed by atoms with Crippen LogP contribution in [0.25, 0.3) is 0 Å². The van der Waals surface area contributed by atoms with Crippen LogP contribution < -0.4 is 9.64 Å². The first-order valence-corrected chi connectivity index (χ1v) is 7.27. The first-order valence-electron chi connectivity index (χ1n) is 7.27. The molecule has 2 rings (SSSR count). The number of hydrogen-bond acceptors (Lipinski definition) is 3. The van der Waals surface area contributed by atoms with Crippen LogP contribution in [0.5, 0.6) is 5.75 Å². The summed E-state index contributed by atoms with van der Waals surface area (Å²) in [5, 5.41) is 10.1. The highest BCUT2D eigenvalue weighted by atomic mass is 16.5. The fraction of sp³-hybridized carbons (Fsp3) is 0.333. The molecule has 1 N–H and O–H groups in total. The smallest absolute Gasteiger partial charge is 0.126 e. The molecule has 3 nitrogen and oxygen atoms in total. The van der Waals surface area contributed by atoms with Crippen LogP contribution in [0.15, 0.2) is 42.5 Å². The molecule has 0 saturated heterocycles. The van der Waals surface area contributed by atoms with Crippen molar-refractivity contribution in [2.24, 2.45) is 0 Å². The Hall–Kier alpha value is -2.00. The summed E-state index contributed by atoms with van der Waals surface area (Å²) in [5.41, 5.74) is 4.15. The molecule has 0 radical (unpaired) electrons. The maximum atomic E-state index is 10.1. The number of methoxy groups -OCH3 is 1. The third-order valence-corrected chi connectivity index (χ3v) is 3.63. The van der Waals surface area contributed by atoms with Crippen LogP contribution in [0.2, 0.25) is 0 Å². The summed E-state index contributed by atoms with van der Waals surface area (Å²) in [6.07, 6.45) is -0.587. The first-order chi connectivity index (χ1) is 10.1. The summed E-state index contributed by atoms with van der Waals surface area (Å²) in [6, 6.07) is 14.3. The van der Waals surface area contributed by atoms with Gasteiger partial charge in [0, 0.05) is 17.8 Å². The predicted molar refractivity (Wildman–Crippen MR) is 87.5 cm³/mol. The minimum Gasteiger partial charge on any atom is -0.496 e. The maximum Gasteiger partial charge on any atom is 0.126 e. The summed E-state index contributed by atoms with van der Waals surface area (Å²) in [6.45, 7) is 6.76. The van der Waals surface area contributed by atoms with E-state index in [-0.39, 0.29) is 0 Å². The van der Waals surface area contributed by atoms with Gasteiger partial charge in [-0.05, 0) is 45.0 Å². The van der Waals surface area contributed by atoms with Gasteiger partial charge in [0.2, 0.25) is 0 Å². The van der Waals surface area contributed by atoms with Gasteiger partial charge in [-0.3, -0.25) is 0 Å². The summed E-state index contributed by atoms with van der Waals surface area (Å²) in [4.78, 5) is 2.18. The molecule has 0 heterocycles. The van der Waals surface area contributed by atoms with Crippen LogP contribution in [0, 0.1) is 6.92 Å². The summed E-state index contributed by atoms with van der Waals surface area (Å²) >= 11 is 0. The second-order valence-corrected chi connectivity index (χ2v) is 5.15. The molecule has 0 aliphatic carbocycles. The highest BCUT2D eigenvalue weighted by Gasteiger charge is 2.18. The molecule has 0 aliphatic rings. The van der Waals surface area contributed by atoms with Gasteiger partial charge < -0.3 is 14.7 Å². The Morgan fingerprint density at radius 1 is 1.14 bits per heavy atom. The highest BCUT2D eigenvalue weighted by molar-refractivity contribution is 5.69. The van der Waals surface area contributed by atoms with Gasteiger partial charge in [0.15, 0.2) is 0 Å². The van der Waals surface area contributed by atoms with Crippen LogP contribution >= 0.6 is 0 Å². The molecule has 1 unspecified atom stereocenters. The molecule has 2 aromatic carbocycles. The van der Waals surface area contributed by atoms with Gasteiger partial charge in [-0.1, -0.05) is 23.8 Å². The van der Waals surface area contributed by atoms with Crippen LogP contribution in [0.4, 0.5) is 11.4 Å². The average molecular weight is 285 g/mol. The predicted octanol–water partition coefficient (Wildman–Crippen LogP) is 4.21. The molecule has 3 heteroatoms. The van der Waals surface area contributed by atoms with Crippen molar-refractivity contribution < 1.29 is 9.84 Å². The normalized spacial score (nSPS) is 12.0. The lowest BCUT2D eigenvalue weighted by atomic mass is 10.0. The van der Waals surface area contributed by atoms with Crippen LogP contribution in [0.1, 0.15) is 31.1 Å². The Morgan fingerprint density at radius 2 is 1.81 bits per heavy atom. The molecular formula is C18H23NO2. The van der Waals surface area contributed by atoms with Crippen molar-refractivity contribution in [3.8, 4) is 5.75 Å². The van der Waals surface area contributed by atoms with Crippen molar-refractivity contribution in [3.05, 3.63) is 53.6 Å². The second kappa shape index (κ2) is 6.64. The van der Waals surface area contributed by atoms with Crippen LogP contribution in [-0.4, -0.2) is 18.8 Å². The molecule has 0 bridgehead atoms. The topological polar surface area (TPSA) is 32.7 Å². The Kier molecular flexibility index (Phi) is 4.86. The van der Waals surface area contributed by atoms with E-state index in [1.165, 1.54) is 5.56 Å². The molecule has 0 aliphatic heterocycles. The number of aryl methyl sites for hydroxylation is 1. The first kappa shape index (κ1) is 15.4. The fourth-order valence-electron chi connectivity index (χ4n) is 2.58. The van der Waals surface area contributed by atoms with E-state index in [4.69, 9.17) is 4.74 Å². The lowest BCUT2D eigenvalue weighted by molar-refractivity contribution is 0.195. The number of hydrogen-bond donors (Lipinski definition) is 1. The number of rotatable bonds is 5. The van der Waals surface area contributed by atoms with E-state index in [0.717, 1.165) is 23.5 Å². The zero-order chi connectivity index (χ0) is 15.4. The highest BCUT2D eigenvalue weighted by Crippen LogP contribution is 2.37. The van der Waals surface area contributed by atoms with E-state index in [9.17, 15) is 5.11 Å². The minimum absolute atomic E-state index is 0.587. The number of benzene rings is 2. The zero-order valence-corrected chi connectivity index (χ0v) is 13.1. The number of nitrogens with zero attached hydrogens (tertiary/aromatic N) is 1. The molecule has 0 amide bonds. The van der Waals surface area contributed by atoms with Crippen LogP contribution in [-0.2, 0) is 0 Å². The minimum atomic E-state index is -0.587. The maximum absolute atomic E-state index is 10.1. The Labute approximate surface area is 126 Å². The molecule has 1 atom stereocenters. The van der Waals surface area contributed by atoms with Gasteiger partial charge in [-0.15, -0.1) is 0 Å². The number of aliphatic hydroxyl groups is 1. The molecule has 21 heavy (non-hydrogen) atoms. The quantitative estimate of drug-likeness (QED) is 0.893. The van der Waals surface area contributed by atoms with Crippen molar-refractivity contribution in [2.45, 2.75) is 26.9 Å². The lowest BCUT2D eigenvalue weighted by Crippen LogP contribution is -2.18. The molecule has 0 fully saturated rings. The van der Waals surface area contributed by atoms with Crippen molar-refractivity contribution in [1.29, 1.82) is 0 Å². The van der Waals surface area contributed by atoms with Gasteiger partial charge in [-0.25, -0.2) is 0 Å². The Bertz CT molecular complexity index is 591. The molecule has 0 spiro atoms. The molecule has 2 aromatic rings. The Balaban J connectivity index is 2.54. The van der Waals surface area contributed by atoms with Crippen molar-refractivity contribution >= 4 is 11.4 Å². The third-order valence-electron chi connectivity index (χ3n) is 3.63. The number of anilines is 2. The van der Waals surface area contributed by atoms with Crippen molar-refractivity contribution in [1.82, 2.24) is 0 Å². The third kappa shape index (κ3) is 3.19. The largest absolute Gasteiger partial charge is 0.496 e. The van der Waals surface area contributed by atoms with Gasteiger partial charge in [-0.2, -0.15) is 0 Å². The number of aliphatic hydroxyl groups excluding tert-OH is 1. The molecule has 112 valence electrons. The molecule has 0 saturated carbocycles. The van der Waals surface area contributed by atoms with E-state index in [2.05, 4.69) is 43.0 Å². The van der Waals surface area contributed by atoms with Crippen LogP contribution in [0.3, 0.4) is 0 Å². The fourth-order valence-corrected chi connectivity index (χ4v) is 2.58. The van der Waals surface area contributed by atoms with E-state index < -0.39 is 6.10 Å². The van der Waals surface area contributed by atoms with E-state index in [1.807, 2.05) is 18.2 Å². The SMILES string of the molecule is CCN(c1ccc(C)cc1)c1cccc(OC)c1C(C)O. The zero-order valence-electron chi connectivity index (χ0n) is 13.1. The summed E-state index contributed by atoms with van der Waals surface area (Å²) in [5.74, 6) is 0.716. The van der Waals surface area contributed by atoms with Crippen molar-refractivity contribution in [3.63, 3.8) is 0 Å². The lowest BCUT2D eigenvalue weighted by Gasteiger charge is -2.28.